The fourth-order valence-corrected chi connectivity index (χ4v) is 5.88. The zero-order chi connectivity index (χ0) is 24.3. The van der Waals surface area contributed by atoms with Gasteiger partial charge in [-0.2, -0.15) is 4.31 Å². The molecule has 0 saturated carbocycles. The van der Waals surface area contributed by atoms with Gasteiger partial charge >= 0.3 is 0 Å². The van der Waals surface area contributed by atoms with Crippen molar-refractivity contribution in [3.8, 4) is 5.75 Å². The van der Waals surface area contributed by atoms with Gasteiger partial charge in [0, 0.05) is 56.1 Å². The van der Waals surface area contributed by atoms with E-state index >= 15 is 0 Å². The predicted octanol–water partition coefficient (Wildman–Crippen LogP) is 2.12. The van der Waals surface area contributed by atoms with Crippen LogP contribution in [0.4, 0.5) is 5.69 Å². The molecule has 2 aromatic carbocycles. The maximum Gasteiger partial charge on any atom is 0.255 e. The quantitative estimate of drug-likeness (QED) is 0.672. The largest absolute Gasteiger partial charge is 0.495 e. The molecule has 0 atom stereocenters. The first-order valence-electron chi connectivity index (χ1n) is 11.4. The average molecular weight is 487 g/mol. The maximum absolute atomic E-state index is 13.1. The molecule has 2 saturated heterocycles. The van der Waals surface area contributed by atoms with Crippen molar-refractivity contribution in [1.29, 1.82) is 0 Å². The number of anilines is 1. The van der Waals surface area contributed by atoms with Crippen LogP contribution in [0.1, 0.15) is 33.6 Å². The number of carbonyl (C=O) groups excluding carboxylic acids is 2. The lowest BCUT2D eigenvalue weighted by Crippen LogP contribution is -2.47. The van der Waals surface area contributed by atoms with Crippen molar-refractivity contribution in [3.05, 3.63) is 53.6 Å². The van der Waals surface area contributed by atoms with E-state index in [1.165, 1.54) is 29.6 Å². The van der Waals surface area contributed by atoms with Gasteiger partial charge in [0.05, 0.1) is 7.11 Å². The third kappa shape index (κ3) is 5.08. The molecular weight excluding hydrogens is 456 g/mol. The summed E-state index contributed by atoms with van der Waals surface area (Å²) in [5.74, 6) is -0.271. The molecular formula is C24H30N4O5S. The van der Waals surface area contributed by atoms with Crippen molar-refractivity contribution >= 4 is 27.5 Å². The van der Waals surface area contributed by atoms with Crippen LogP contribution in [0, 0.1) is 0 Å². The molecule has 0 bridgehead atoms. The summed E-state index contributed by atoms with van der Waals surface area (Å²) in [6, 6.07) is 11.1. The second kappa shape index (κ2) is 10.1. The van der Waals surface area contributed by atoms with Gasteiger partial charge in [-0.3, -0.25) is 9.59 Å². The average Bonchev–Trinajstić information content (AvgIpc) is 3.40. The van der Waals surface area contributed by atoms with Crippen molar-refractivity contribution in [1.82, 2.24) is 14.1 Å². The predicted molar refractivity (Wildman–Crippen MR) is 129 cm³/mol. The zero-order valence-corrected chi connectivity index (χ0v) is 20.3. The van der Waals surface area contributed by atoms with E-state index in [4.69, 9.17) is 4.74 Å². The number of hydrogen-bond acceptors (Lipinski definition) is 6. The lowest BCUT2D eigenvalue weighted by atomic mass is 10.1. The number of nitrogens with zero attached hydrogens (tertiary/aromatic N) is 3. The Morgan fingerprint density at radius 1 is 0.882 bits per heavy atom. The highest BCUT2D eigenvalue weighted by atomic mass is 32.2. The van der Waals surface area contributed by atoms with Crippen LogP contribution in [0.5, 0.6) is 5.75 Å². The first-order valence-corrected chi connectivity index (χ1v) is 12.8. The Labute approximate surface area is 200 Å². The summed E-state index contributed by atoms with van der Waals surface area (Å²) in [6.07, 6.45) is 1.63. The van der Waals surface area contributed by atoms with E-state index in [2.05, 4.69) is 10.2 Å². The van der Waals surface area contributed by atoms with Crippen LogP contribution >= 0.6 is 0 Å². The molecule has 182 valence electrons. The van der Waals surface area contributed by atoms with Crippen LogP contribution in [-0.4, -0.2) is 87.8 Å². The second-order valence-electron chi connectivity index (χ2n) is 8.60. The molecule has 1 N–H and O–H groups in total. The second-order valence-corrected chi connectivity index (χ2v) is 10.5. The van der Waals surface area contributed by atoms with Crippen LogP contribution in [0.15, 0.2) is 47.4 Å². The van der Waals surface area contributed by atoms with E-state index < -0.39 is 15.9 Å². The van der Waals surface area contributed by atoms with E-state index in [0.717, 1.165) is 25.9 Å². The Morgan fingerprint density at radius 2 is 1.50 bits per heavy atom. The minimum absolute atomic E-state index is 0.0160. The number of benzene rings is 2. The number of sulfonamides is 1. The van der Waals surface area contributed by atoms with Gasteiger partial charge in [0.15, 0.2) is 0 Å². The molecule has 0 radical (unpaired) electrons. The van der Waals surface area contributed by atoms with E-state index in [1.54, 1.807) is 24.3 Å². The number of methoxy groups -OCH3 is 1. The lowest BCUT2D eigenvalue weighted by molar-refractivity contribution is 0.0664. The zero-order valence-electron chi connectivity index (χ0n) is 19.5. The summed E-state index contributed by atoms with van der Waals surface area (Å²) >= 11 is 0. The molecule has 0 aromatic heterocycles. The van der Waals surface area contributed by atoms with Gasteiger partial charge in [-0.25, -0.2) is 8.42 Å². The van der Waals surface area contributed by atoms with Crippen molar-refractivity contribution in [2.45, 2.75) is 17.7 Å². The standard InChI is InChI=1S/C24H30N4O5S/c1-26-13-15-27(16-14-26)24(30)18-5-8-20(9-6-18)25-23(29)19-7-10-21(33-2)22(17-19)34(31,32)28-11-3-4-12-28/h5-10,17H,3-4,11-16H2,1-2H3,(H,25,29). The number of nitrogens with one attached hydrogen (secondary N) is 1. The first-order chi connectivity index (χ1) is 16.3. The van der Waals surface area contributed by atoms with Crippen LogP contribution in [-0.2, 0) is 10.0 Å². The highest BCUT2D eigenvalue weighted by Gasteiger charge is 2.30. The van der Waals surface area contributed by atoms with Gasteiger partial charge in [0.1, 0.15) is 10.6 Å². The number of ether oxygens (including phenoxy) is 1. The highest BCUT2D eigenvalue weighted by Crippen LogP contribution is 2.30. The summed E-state index contributed by atoms with van der Waals surface area (Å²) in [5.41, 5.74) is 1.28. The van der Waals surface area contributed by atoms with Gasteiger partial charge in [-0.15, -0.1) is 0 Å². The molecule has 0 aliphatic carbocycles. The summed E-state index contributed by atoms with van der Waals surface area (Å²) in [6.45, 7) is 3.98. The fraction of sp³-hybridized carbons (Fsp3) is 0.417. The number of likely N-dealkylation sites (N-methyl/N-ethyl adjacent to an activating group) is 1. The van der Waals surface area contributed by atoms with Crippen LogP contribution in [0.25, 0.3) is 0 Å². The third-order valence-electron chi connectivity index (χ3n) is 6.29. The number of amides is 2. The Balaban J connectivity index is 1.48. The summed E-state index contributed by atoms with van der Waals surface area (Å²) < 4.78 is 32.8. The molecule has 34 heavy (non-hydrogen) atoms. The molecule has 10 heteroatoms. The van der Waals surface area contributed by atoms with Crippen molar-refractivity contribution in [3.63, 3.8) is 0 Å². The fourth-order valence-electron chi connectivity index (χ4n) is 4.18. The van der Waals surface area contributed by atoms with Crippen molar-refractivity contribution in [2.75, 3.05) is 58.7 Å². The van der Waals surface area contributed by atoms with E-state index in [-0.39, 0.29) is 22.1 Å². The lowest BCUT2D eigenvalue weighted by Gasteiger charge is -2.32. The van der Waals surface area contributed by atoms with Gasteiger partial charge in [0.25, 0.3) is 11.8 Å². The smallest absolute Gasteiger partial charge is 0.255 e. The molecule has 0 spiro atoms. The van der Waals surface area contributed by atoms with E-state index in [0.29, 0.717) is 37.4 Å². The minimum atomic E-state index is -3.76. The third-order valence-corrected chi connectivity index (χ3v) is 8.21. The van der Waals surface area contributed by atoms with Crippen LogP contribution in [0.3, 0.4) is 0 Å². The maximum atomic E-state index is 13.1. The van der Waals surface area contributed by atoms with E-state index in [9.17, 15) is 18.0 Å². The Hall–Kier alpha value is -2.95. The SMILES string of the molecule is COc1ccc(C(=O)Nc2ccc(C(=O)N3CCN(C)CC3)cc2)cc1S(=O)(=O)N1CCCC1. The summed E-state index contributed by atoms with van der Waals surface area (Å²) in [5, 5.41) is 2.78. The molecule has 2 aliphatic heterocycles. The molecule has 4 rings (SSSR count). The molecule has 0 unspecified atom stereocenters. The molecule has 2 aromatic rings. The highest BCUT2D eigenvalue weighted by molar-refractivity contribution is 7.89. The minimum Gasteiger partial charge on any atom is -0.495 e. The Kier molecular flexibility index (Phi) is 7.20. The van der Waals surface area contributed by atoms with Gasteiger partial charge in [0.2, 0.25) is 10.0 Å². The number of rotatable bonds is 6. The summed E-state index contributed by atoms with van der Waals surface area (Å²) in [7, 11) is -0.316. The van der Waals surface area contributed by atoms with Gasteiger partial charge in [-0.05, 0) is 62.4 Å². The van der Waals surface area contributed by atoms with E-state index in [1.807, 2.05) is 11.9 Å². The van der Waals surface area contributed by atoms with Crippen LogP contribution < -0.4 is 10.1 Å². The Bertz CT molecular complexity index is 1150. The first kappa shape index (κ1) is 24.2. The van der Waals surface area contributed by atoms with Gasteiger partial charge < -0.3 is 19.9 Å². The van der Waals surface area contributed by atoms with Crippen molar-refractivity contribution in [2.24, 2.45) is 0 Å². The Morgan fingerprint density at radius 3 is 2.12 bits per heavy atom. The monoisotopic (exact) mass is 486 g/mol. The molecule has 2 aliphatic rings. The van der Waals surface area contributed by atoms with Gasteiger partial charge in [-0.1, -0.05) is 0 Å². The molecule has 9 nitrogen and oxygen atoms in total. The topological polar surface area (TPSA) is 99.3 Å². The summed E-state index contributed by atoms with van der Waals surface area (Å²) in [4.78, 5) is 29.6. The number of carbonyl (C=O) groups is 2. The molecule has 2 amide bonds. The normalized spacial score (nSPS) is 17.5. The van der Waals surface area contributed by atoms with Crippen molar-refractivity contribution < 1.29 is 22.7 Å². The molecule has 2 fully saturated rings. The number of piperazine rings is 1. The van der Waals surface area contributed by atoms with Crippen LogP contribution in [0.2, 0.25) is 0 Å². The molecule has 2 heterocycles. The number of hydrogen-bond donors (Lipinski definition) is 1.